The Balaban J connectivity index is 1.39. The second-order valence-electron chi connectivity index (χ2n) is 7.12. The zero-order chi connectivity index (χ0) is 20.4. The molecule has 6 nitrogen and oxygen atoms in total. The maximum atomic E-state index is 12.4. The van der Waals surface area contributed by atoms with Crippen LogP contribution in [0.25, 0.3) is 11.0 Å². The number of aryl methyl sites for hydroxylation is 2. The fourth-order valence-corrected chi connectivity index (χ4v) is 3.30. The molecule has 1 aliphatic heterocycles. The van der Waals surface area contributed by atoms with Crippen LogP contribution < -0.4 is 9.47 Å². The van der Waals surface area contributed by atoms with Gasteiger partial charge in [-0.1, -0.05) is 12.1 Å². The minimum Gasteiger partial charge on any atom is -0.490 e. The molecule has 6 heteroatoms. The fraction of sp³-hybridized carbons (Fsp3) is 0.304. The summed E-state index contributed by atoms with van der Waals surface area (Å²) in [5, 5.41) is 0.888. The molecule has 0 saturated carbocycles. The van der Waals surface area contributed by atoms with Crippen LogP contribution in [-0.4, -0.2) is 31.6 Å². The van der Waals surface area contributed by atoms with Gasteiger partial charge in [0.25, 0.3) is 0 Å². The number of hydrogen-bond acceptors (Lipinski definition) is 6. The third-order valence-electron chi connectivity index (χ3n) is 5.11. The summed E-state index contributed by atoms with van der Waals surface area (Å²) in [5.41, 5.74) is 4.11. The normalized spacial score (nSPS) is 13.2. The lowest BCUT2D eigenvalue weighted by atomic mass is 10.0. The first kappa shape index (κ1) is 19.1. The standard InChI is InChI=1S/C23H22O6/c1-14-4-6-18-17(12-29-23(18)15(14)2)11-22(25)28-13-19(24)16-5-7-20-21(10-16)27-9-3-8-26-20/h4-7,10,12H,3,8-9,11,13H2,1-2H3. The minimum atomic E-state index is -0.478. The molecule has 0 spiro atoms. The first-order valence-electron chi connectivity index (χ1n) is 9.57. The summed E-state index contributed by atoms with van der Waals surface area (Å²) in [7, 11) is 0. The summed E-state index contributed by atoms with van der Waals surface area (Å²) in [4.78, 5) is 24.7. The van der Waals surface area contributed by atoms with Crippen molar-refractivity contribution in [3.8, 4) is 11.5 Å². The highest BCUT2D eigenvalue weighted by Gasteiger charge is 2.17. The molecule has 0 bridgehead atoms. The van der Waals surface area contributed by atoms with Crippen molar-refractivity contribution in [2.24, 2.45) is 0 Å². The quantitative estimate of drug-likeness (QED) is 0.477. The lowest BCUT2D eigenvalue weighted by molar-refractivity contribution is -0.141. The molecule has 0 N–H and O–H groups in total. The number of furan rings is 1. The molecule has 0 saturated heterocycles. The summed E-state index contributed by atoms with van der Waals surface area (Å²) in [6.07, 6.45) is 2.41. The van der Waals surface area contributed by atoms with Crippen molar-refractivity contribution in [1.82, 2.24) is 0 Å². The van der Waals surface area contributed by atoms with Gasteiger partial charge in [0, 0.05) is 22.9 Å². The highest BCUT2D eigenvalue weighted by Crippen LogP contribution is 2.30. The van der Waals surface area contributed by atoms with E-state index in [1.165, 1.54) is 0 Å². The molecule has 4 rings (SSSR count). The molecule has 0 fully saturated rings. The molecule has 29 heavy (non-hydrogen) atoms. The third kappa shape index (κ3) is 3.97. The average molecular weight is 394 g/mol. The number of ketones is 1. The van der Waals surface area contributed by atoms with E-state index in [0.29, 0.717) is 30.3 Å². The zero-order valence-electron chi connectivity index (χ0n) is 16.4. The van der Waals surface area contributed by atoms with Gasteiger partial charge < -0.3 is 18.6 Å². The Bertz CT molecular complexity index is 1080. The maximum Gasteiger partial charge on any atom is 0.310 e. The van der Waals surface area contributed by atoms with Gasteiger partial charge in [0.05, 0.1) is 25.9 Å². The molecule has 2 aromatic carbocycles. The predicted octanol–water partition coefficient (Wildman–Crippen LogP) is 4.18. The van der Waals surface area contributed by atoms with E-state index in [4.69, 9.17) is 18.6 Å². The van der Waals surface area contributed by atoms with Gasteiger partial charge in [-0.25, -0.2) is 0 Å². The molecule has 3 aromatic rings. The largest absolute Gasteiger partial charge is 0.490 e. The van der Waals surface area contributed by atoms with Gasteiger partial charge in [-0.3, -0.25) is 9.59 Å². The minimum absolute atomic E-state index is 0.0456. The number of carbonyl (C=O) groups excluding carboxylic acids is 2. The Morgan fingerprint density at radius 1 is 1.03 bits per heavy atom. The van der Waals surface area contributed by atoms with E-state index >= 15 is 0 Å². The smallest absolute Gasteiger partial charge is 0.310 e. The lowest BCUT2D eigenvalue weighted by Crippen LogP contribution is -2.15. The molecular formula is C23H22O6. The van der Waals surface area contributed by atoms with Crippen LogP contribution >= 0.6 is 0 Å². The van der Waals surface area contributed by atoms with Crippen molar-refractivity contribution in [1.29, 1.82) is 0 Å². The highest BCUT2D eigenvalue weighted by molar-refractivity contribution is 5.98. The van der Waals surface area contributed by atoms with Crippen molar-refractivity contribution >= 4 is 22.7 Å². The van der Waals surface area contributed by atoms with Crippen LogP contribution in [0.1, 0.15) is 33.5 Å². The van der Waals surface area contributed by atoms with Gasteiger partial charge in [-0.05, 0) is 43.2 Å². The first-order valence-corrected chi connectivity index (χ1v) is 9.57. The molecule has 0 amide bonds. The van der Waals surface area contributed by atoms with Gasteiger partial charge >= 0.3 is 5.97 Å². The van der Waals surface area contributed by atoms with E-state index in [1.54, 1.807) is 24.5 Å². The summed E-state index contributed by atoms with van der Waals surface area (Å²) >= 11 is 0. The van der Waals surface area contributed by atoms with Crippen molar-refractivity contribution < 1.29 is 28.2 Å². The Hall–Kier alpha value is -3.28. The van der Waals surface area contributed by atoms with Crippen molar-refractivity contribution in [3.63, 3.8) is 0 Å². The van der Waals surface area contributed by atoms with Crippen LogP contribution in [0.4, 0.5) is 0 Å². The number of Topliss-reactive ketones (excluding diaryl/α,β-unsaturated/α-hetero) is 1. The molecular weight excluding hydrogens is 372 g/mol. The summed E-state index contributed by atoms with van der Waals surface area (Å²) in [6, 6.07) is 8.92. The maximum absolute atomic E-state index is 12.4. The van der Waals surface area contributed by atoms with Gasteiger partial charge in [0.2, 0.25) is 0 Å². The fourth-order valence-electron chi connectivity index (χ4n) is 3.30. The third-order valence-corrected chi connectivity index (χ3v) is 5.11. The molecule has 0 atom stereocenters. The highest BCUT2D eigenvalue weighted by atomic mass is 16.5. The van der Waals surface area contributed by atoms with Crippen LogP contribution in [0, 0.1) is 13.8 Å². The zero-order valence-corrected chi connectivity index (χ0v) is 16.4. The lowest BCUT2D eigenvalue weighted by Gasteiger charge is -2.09. The molecule has 2 heterocycles. The first-order chi connectivity index (χ1) is 14.0. The second kappa shape index (κ2) is 7.99. The number of fused-ring (bicyclic) bond motifs is 2. The second-order valence-corrected chi connectivity index (χ2v) is 7.12. The van der Waals surface area contributed by atoms with Gasteiger partial charge in [-0.2, -0.15) is 0 Å². The Morgan fingerprint density at radius 2 is 1.83 bits per heavy atom. The summed E-state index contributed by atoms with van der Waals surface area (Å²) < 4.78 is 22.0. The van der Waals surface area contributed by atoms with E-state index in [1.807, 2.05) is 26.0 Å². The topological polar surface area (TPSA) is 75.0 Å². The Labute approximate surface area is 168 Å². The van der Waals surface area contributed by atoms with E-state index in [2.05, 4.69) is 0 Å². The predicted molar refractivity (Wildman–Crippen MR) is 107 cm³/mol. The van der Waals surface area contributed by atoms with E-state index in [-0.39, 0.29) is 18.8 Å². The molecule has 1 aromatic heterocycles. The van der Waals surface area contributed by atoms with Crippen molar-refractivity contribution in [2.45, 2.75) is 26.7 Å². The van der Waals surface area contributed by atoms with Crippen LogP contribution in [0.15, 0.2) is 41.0 Å². The number of benzene rings is 2. The Kier molecular flexibility index (Phi) is 5.25. The van der Waals surface area contributed by atoms with Gasteiger partial charge in [0.15, 0.2) is 23.9 Å². The van der Waals surface area contributed by atoms with Crippen LogP contribution in [0.5, 0.6) is 11.5 Å². The number of esters is 1. The van der Waals surface area contributed by atoms with Crippen LogP contribution in [0.3, 0.4) is 0 Å². The van der Waals surface area contributed by atoms with E-state index < -0.39 is 5.97 Å². The molecule has 0 aliphatic carbocycles. The van der Waals surface area contributed by atoms with Crippen LogP contribution in [-0.2, 0) is 16.0 Å². The van der Waals surface area contributed by atoms with E-state index in [0.717, 1.165) is 34.1 Å². The van der Waals surface area contributed by atoms with Crippen LogP contribution in [0.2, 0.25) is 0 Å². The van der Waals surface area contributed by atoms with Gasteiger partial charge in [-0.15, -0.1) is 0 Å². The SMILES string of the molecule is Cc1ccc2c(CC(=O)OCC(=O)c3ccc4c(c3)OCCCO4)coc2c1C. The molecule has 0 radical (unpaired) electrons. The monoisotopic (exact) mass is 394 g/mol. The number of hydrogen-bond donors (Lipinski definition) is 0. The number of rotatable bonds is 5. The van der Waals surface area contributed by atoms with E-state index in [9.17, 15) is 9.59 Å². The Morgan fingerprint density at radius 3 is 2.66 bits per heavy atom. The van der Waals surface area contributed by atoms with Crippen molar-refractivity contribution in [3.05, 3.63) is 58.8 Å². The summed E-state index contributed by atoms with van der Waals surface area (Å²) in [6.45, 7) is 4.79. The molecule has 0 unspecified atom stereocenters. The number of ether oxygens (including phenoxy) is 3. The number of carbonyl (C=O) groups is 2. The summed E-state index contributed by atoms with van der Waals surface area (Å²) in [5.74, 6) is 0.384. The van der Waals surface area contributed by atoms with Crippen molar-refractivity contribution in [2.75, 3.05) is 19.8 Å². The molecule has 1 aliphatic rings. The average Bonchev–Trinajstić information content (AvgIpc) is 2.97. The molecule has 150 valence electrons. The van der Waals surface area contributed by atoms with Gasteiger partial charge in [0.1, 0.15) is 5.58 Å².